The molecule has 0 saturated heterocycles. The number of rotatable bonds is 4. The molecule has 8 aromatic rings. The molecular formula is C49H34BN2S. The van der Waals surface area contributed by atoms with Crippen LogP contribution in [0.5, 0.6) is 0 Å². The molecule has 2 heterocycles. The Labute approximate surface area is 315 Å². The van der Waals surface area contributed by atoms with Crippen molar-refractivity contribution in [2.75, 3.05) is 10.2 Å². The van der Waals surface area contributed by atoms with Crippen LogP contribution in [0.25, 0.3) is 44.2 Å². The third-order valence-electron chi connectivity index (χ3n) is 11.4. The number of para-hydroxylation sites is 2. The van der Waals surface area contributed by atoms with E-state index in [-0.39, 0.29) is 5.41 Å². The molecule has 0 saturated carbocycles. The van der Waals surface area contributed by atoms with Crippen molar-refractivity contribution in [2.24, 2.45) is 0 Å². The van der Waals surface area contributed by atoms with Crippen LogP contribution in [-0.2, 0) is 5.41 Å². The molecular weight excluding hydrogens is 659 g/mol. The molecule has 8 aromatic carbocycles. The first-order chi connectivity index (χ1) is 26.0. The van der Waals surface area contributed by atoms with Crippen LogP contribution in [0.15, 0.2) is 174 Å². The predicted molar refractivity (Wildman–Crippen MR) is 226 cm³/mol. The van der Waals surface area contributed by atoms with E-state index < -0.39 is 0 Å². The minimum absolute atomic E-state index is 0.183. The predicted octanol–water partition coefficient (Wildman–Crippen LogP) is 12.1. The van der Waals surface area contributed by atoms with E-state index in [1.165, 1.54) is 93.1 Å². The zero-order valence-corrected chi connectivity index (χ0v) is 30.3. The molecule has 0 bridgehead atoms. The Morgan fingerprint density at radius 1 is 0.547 bits per heavy atom. The fourth-order valence-electron chi connectivity index (χ4n) is 8.89. The SMILES string of the molecule is CC1(C)c2ccccc2-c2c1cc1c(c2-c2cc3ccccc3cc2Nc2ccc(-c3ccccc3)cc2)[B]c2cccc3c2N1c1ccccc1S3. The quantitative estimate of drug-likeness (QED) is 0.185. The highest BCUT2D eigenvalue weighted by molar-refractivity contribution is 7.99. The number of nitrogens with one attached hydrogen (secondary N) is 1. The van der Waals surface area contributed by atoms with Crippen LogP contribution in [-0.4, -0.2) is 7.28 Å². The summed E-state index contributed by atoms with van der Waals surface area (Å²) < 4.78 is 0. The van der Waals surface area contributed by atoms with Gasteiger partial charge in [-0.05, 0) is 104 Å². The maximum Gasteiger partial charge on any atom is 0.197 e. The fourth-order valence-corrected chi connectivity index (χ4v) is 9.99. The van der Waals surface area contributed by atoms with Gasteiger partial charge in [0, 0.05) is 37.8 Å². The Bertz CT molecular complexity index is 2790. The average Bonchev–Trinajstić information content (AvgIpc) is 3.43. The smallest absolute Gasteiger partial charge is 0.197 e. The first kappa shape index (κ1) is 30.6. The van der Waals surface area contributed by atoms with Gasteiger partial charge in [-0.3, -0.25) is 0 Å². The number of fused-ring (bicyclic) bond motifs is 8. The molecule has 249 valence electrons. The van der Waals surface area contributed by atoms with Crippen molar-refractivity contribution in [3.63, 3.8) is 0 Å². The largest absolute Gasteiger partial charge is 0.355 e. The van der Waals surface area contributed by atoms with Crippen molar-refractivity contribution >= 4 is 69.2 Å². The van der Waals surface area contributed by atoms with Crippen molar-refractivity contribution in [1.82, 2.24) is 0 Å². The lowest BCUT2D eigenvalue weighted by Gasteiger charge is -2.40. The second-order valence-corrected chi connectivity index (χ2v) is 15.9. The Kier molecular flexibility index (Phi) is 6.66. The van der Waals surface area contributed by atoms with Crippen molar-refractivity contribution < 1.29 is 0 Å². The fraction of sp³-hybridized carbons (Fsp3) is 0.0612. The number of nitrogens with zero attached hydrogens (tertiary/aromatic N) is 1. The summed E-state index contributed by atoms with van der Waals surface area (Å²) in [6.45, 7) is 4.79. The molecule has 1 aliphatic carbocycles. The van der Waals surface area contributed by atoms with Gasteiger partial charge in [-0.15, -0.1) is 0 Å². The first-order valence-corrected chi connectivity index (χ1v) is 19.2. The van der Waals surface area contributed by atoms with Crippen molar-refractivity contribution in [1.29, 1.82) is 0 Å². The number of anilines is 5. The van der Waals surface area contributed by atoms with E-state index in [1.807, 2.05) is 11.8 Å². The zero-order chi connectivity index (χ0) is 35.3. The molecule has 2 nitrogen and oxygen atoms in total. The molecule has 0 aromatic heterocycles. The Balaban J connectivity index is 1.20. The van der Waals surface area contributed by atoms with E-state index in [9.17, 15) is 0 Å². The van der Waals surface area contributed by atoms with Gasteiger partial charge in [-0.1, -0.05) is 146 Å². The highest BCUT2D eigenvalue weighted by Gasteiger charge is 2.42. The summed E-state index contributed by atoms with van der Waals surface area (Å²) in [6.07, 6.45) is 0. The van der Waals surface area contributed by atoms with Gasteiger partial charge < -0.3 is 10.2 Å². The zero-order valence-electron chi connectivity index (χ0n) is 29.5. The molecule has 0 fully saturated rings. The standard InChI is InChI=1S/C49H34BN2S/c1-49(2)37-18-9-8-17-35(37)45-38(49)29-42-47(50-39-19-12-22-44-48(39)52(42)41-20-10-11-21-43(41)53-44)46(45)36-27-32-15-6-7-16-33(32)28-40(36)51-34-25-23-31(24-26-34)30-13-4-3-5-14-30/h3-29,51H,1-2H3. The van der Waals surface area contributed by atoms with Crippen LogP contribution in [0.2, 0.25) is 0 Å². The maximum atomic E-state index is 3.93. The maximum absolute atomic E-state index is 3.93. The molecule has 3 aliphatic rings. The van der Waals surface area contributed by atoms with Crippen molar-refractivity contribution in [2.45, 2.75) is 29.1 Å². The Hall–Kier alpha value is -5.97. The molecule has 0 unspecified atom stereocenters. The second-order valence-electron chi connectivity index (χ2n) is 14.8. The van der Waals surface area contributed by atoms with Crippen LogP contribution >= 0.6 is 11.8 Å². The number of hydrogen-bond acceptors (Lipinski definition) is 3. The highest BCUT2D eigenvalue weighted by atomic mass is 32.2. The van der Waals surface area contributed by atoms with Gasteiger partial charge in [0.15, 0.2) is 7.28 Å². The topological polar surface area (TPSA) is 15.3 Å². The summed E-state index contributed by atoms with van der Waals surface area (Å²) in [7, 11) is 2.45. The van der Waals surface area contributed by atoms with Gasteiger partial charge >= 0.3 is 0 Å². The van der Waals surface area contributed by atoms with E-state index in [4.69, 9.17) is 0 Å². The minimum atomic E-state index is -0.183. The molecule has 4 heteroatoms. The summed E-state index contributed by atoms with van der Waals surface area (Å²) in [5.74, 6) is 0. The molecule has 1 N–H and O–H groups in total. The summed E-state index contributed by atoms with van der Waals surface area (Å²) in [5, 5.41) is 6.37. The minimum Gasteiger partial charge on any atom is -0.355 e. The van der Waals surface area contributed by atoms with Gasteiger partial charge in [0.05, 0.1) is 11.4 Å². The van der Waals surface area contributed by atoms with E-state index in [2.05, 4.69) is 195 Å². The van der Waals surface area contributed by atoms with Gasteiger partial charge in [0.1, 0.15) is 0 Å². The van der Waals surface area contributed by atoms with Gasteiger partial charge in [-0.2, -0.15) is 0 Å². The molecule has 53 heavy (non-hydrogen) atoms. The lowest BCUT2D eigenvalue weighted by Crippen LogP contribution is -2.42. The average molecular weight is 694 g/mol. The van der Waals surface area contributed by atoms with Crippen molar-refractivity contribution in [3.05, 3.63) is 175 Å². The lowest BCUT2D eigenvalue weighted by molar-refractivity contribution is 0.660. The number of hydrogen-bond donors (Lipinski definition) is 1. The Morgan fingerprint density at radius 3 is 2.09 bits per heavy atom. The van der Waals surface area contributed by atoms with Crippen LogP contribution in [0.1, 0.15) is 25.0 Å². The van der Waals surface area contributed by atoms with Crippen LogP contribution in [0.3, 0.4) is 0 Å². The van der Waals surface area contributed by atoms with E-state index in [0.29, 0.717) is 0 Å². The monoisotopic (exact) mass is 693 g/mol. The summed E-state index contributed by atoms with van der Waals surface area (Å²) in [6, 6.07) is 60.1. The van der Waals surface area contributed by atoms with Crippen molar-refractivity contribution in [3.8, 4) is 33.4 Å². The summed E-state index contributed by atoms with van der Waals surface area (Å²) in [4.78, 5) is 5.12. The van der Waals surface area contributed by atoms with E-state index in [0.717, 1.165) is 11.4 Å². The number of benzene rings is 8. The second kappa shape index (κ2) is 11.5. The van der Waals surface area contributed by atoms with Gasteiger partial charge in [-0.25, -0.2) is 0 Å². The lowest BCUT2D eigenvalue weighted by atomic mass is 9.57. The van der Waals surface area contributed by atoms with Gasteiger partial charge in [0.25, 0.3) is 0 Å². The normalized spacial score (nSPS) is 14.0. The molecule has 0 atom stereocenters. The summed E-state index contributed by atoms with van der Waals surface area (Å²) in [5.41, 5.74) is 18.5. The van der Waals surface area contributed by atoms with Crippen LogP contribution in [0, 0.1) is 0 Å². The molecule has 0 amide bonds. The first-order valence-electron chi connectivity index (χ1n) is 18.3. The van der Waals surface area contributed by atoms with Crippen LogP contribution < -0.4 is 21.1 Å². The summed E-state index contributed by atoms with van der Waals surface area (Å²) >= 11 is 1.87. The van der Waals surface area contributed by atoms with Crippen LogP contribution in [0.4, 0.5) is 28.4 Å². The van der Waals surface area contributed by atoms with E-state index in [1.54, 1.807) is 0 Å². The molecule has 2 aliphatic heterocycles. The Morgan fingerprint density at radius 2 is 1.25 bits per heavy atom. The molecule has 0 spiro atoms. The third kappa shape index (κ3) is 4.62. The highest BCUT2D eigenvalue weighted by Crippen LogP contribution is 2.57. The van der Waals surface area contributed by atoms with Gasteiger partial charge in [0.2, 0.25) is 0 Å². The molecule has 11 rings (SSSR count). The third-order valence-corrected chi connectivity index (χ3v) is 12.6. The van der Waals surface area contributed by atoms with E-state index >= 15 is 0 Å². The molecule has 1 radical (unpaired) electrons.